The van der Waals surface area contributed by atoms with Gasteiger partial charge >= 0.3 is 6.18 Å². The van der Waals surface area contributed by atoms with Crippen LogP contribution in [0, 0.1) is 0 Å². The highest BCUT2D eigenvalue weighted by molar-refractivity contribution is 7.17. The van der Waals surface area contributed by atoms with Crippen molar-refractivity contribution >= 4 is 22.8 Å². The predicted molar refractivity (Wildman–Crippen MR) is 76.2 cm³/mol. The van der Waals surface area contributed by atoms with Crippen LogP contribution in [0.5, 0.6) is 0 Å². The van der Waals surface area contributed by atoms with Gasteiger partial charge in [0, 0.05) is 26.2 Å². The van der Waals surface area contributed by atoms with E-state index in [4.69, 9.17) is 0 Å². The van der Waals surface area contributed by atoms with Gasteiger partial charge in [-0.25, -0.2) is 4.98 Å². The number of carbonyl (C=O) groups is 1. The van der Waals surface area contributed by atoms with E-state index in [1.54, 1.807) is 0 Å². The fourth-order valence-electron chi connectivity index (χ4n) is 2.34. The van der Waals surface area contributed by atoms with Gasteiger partial charge in [-0.15, -0.1) is 0 Å². The maximum absolute atomic E-state index is 12.3. The second-order valence-corrected chi connectivity index (χ2v) is 6.06. The molecule has 2 rings (SSSR count). The summed E-state index contributed by atoms with van der Waals surface area (Å²) in [6, 6.07) is 0. The highest BCUT2D eigenvalue weighted by atomic mass is 32.1. The first-order valence-electron chi connectivity index (χ1n) is 6.92. The molecule has 0 atom stereocenters. The van der Waals surface area contributed by atoms with E-state index in [1.807, 2.05) is 11.8 Å². The minimum Gasteiger partial charge on any atom is -0.346 e. The van der Waals surface area contributed by atoms with Crippen LogP contribution in [0.3, 0.4) is 0 Å². The van der Waals surface area contributed by atoms with E-state index in [9.17, 15) is 18.0 Å². The molecule has 0 N–H and O–H groups in total. The second kappa shape index (κ2) is 6.74. The molecule has 118 valence electrons. The van der Waals surface area contributed by atoms with Gasteiger partial charge in [-0.05, 0) is 6.42 Å². The average Bonchev–Trinajstić information content (AvgIpc) is 2.81. The number of rotatable bonds is 5. The molecular formula is C13H18F3N3OS. The minimum atomic E-state index is -4.15. The van der Waals surface area contributed by atoms with Crippen molar-refractivity contribution in [2.75, 3.05) is 37.6 Å². The summed E-state index contributed by atoms with van der Waals surface area (Å²) in [6.07, 6.45) is -1.68. The highest BCUT2D eigenvalue weighted by Gasteiger charge is 2.32. The van der Waals surface area contributed by atoms with Crippen LogP contribution in [0.15, 0.2) is 0 Å². The number of halogens is 3. The lowest BCUT2D eigenvalue weighted by atomic mass is 10.2. The van der Waals surface area contributed by atoms with Gasteiger partial charge < -0.3 is 4.90 Å². The van der Waals surface area contributed by atoms with Crippen molar-refractivity contribution in [2.24, 2.45) is 0 Å². The maximum Gasteiger partial charge on any atom is 0.401 e. The van der Waals surface area contributed by atoms with Crippen LogP contribution < -0.4 is 4.90 Å². The number of nitrogens with zero attached hydrogens (tertiary/aromatic N) is 3. The summed E-state index contributed by atoms with van der Waals surface area (Å²) in [6.45, 7) is 2.89. The van der Waals surface area contributed by atoms with Crippen LogP contribution in [0.4, 0.5) is 18.3 Å². The van der Waals surface area contributed by atoms with Gasteiger partial charge in [0.25, 0.3) is 0 Å². The standard InChI is InChI=1S/C13H18F3N3OS/c1-2-3-10-11(8-20)21-12(17-10)19-6-4-18(5-7-19)9-13(14,15)16/h8H,2-7,9H2,1H3. The van der Waals surface area contributed by atoms with E-state index in [-0.39, 0.29) is 0 Å². The average molecular weight is 321 g/mol. The lowest BCUT2D eigenvalue weighted by Gasteiger charge is -2.34. The fourth-order valence-corrected chi connectivity index (χ4v) is 3.32. The van der Waals surface area contributed by atoms with E-state index >= 15 is 0 Å². The molecule has 0 aliphatic carbocycles. The van der Waals surface area contributed by atoms with E-state index in [2.05, 4.69) is 4.98 Å². The molecule has 1 aliphatic rings. The third-order valence-electron chi connectivity index (χ3n) is 3.36. The van der Waals surface area contributed by atoms with Crippen LogP contribution >= 0.6 is 11.3 Å². The van der Waals surface area contributed by atoms with Crippen molar-refractivity contribution in [3.8, 4) is 0 Å². The first-order valence-corrected chi connectivity index (χ1v) is 7.73. The molecule has 2 heterocycles. The summed E-state index contributed by atoms with van der Waals surface area (Å²) in [5, 5.41) is 0.743. The van der Waals surface area contributed by atoms with E-state index in [0.29, 0.717) is 31.1 Å². The van der Waals surface area contributed by atoms with Gasteiger partial charge in [0.1, 0.15) is 0 Å². The summed E-state index contributed by atoms with van der Waals surface area (Å²) in [5.41, 5.74) is 0.797. The molecule has 0 unspecified atom stereocenters. The van der Waals surface area contributed by atoms with Crippen molar-refractivity contribution in [3.63, 3.8) is 0 Å². The summed E-state index contributed by atoms with van der Waals surface area (Å²) in [7, 11) is 0. The normalized spacial score (nSPS) is 17.2. The topological polar surface area (TPSA) is 36.4 Å². The molecule has 0 radical (unpaired) electrons. The van der Waals surface area contributed by atoms with Crippen molar-refractivity contribution < 1.29 is 18.0 Å². The molecule has 0 amide bonds. The van der Waals surface area contributed by atoms with Crippen LogP contribution in [-0.2, 0) is 6.42 Å². The molecule has 21 heavy (non-hydrogen) atoms. The SMILES string of the molecule is CCCc1nc(N2CCN(CC(F)(F)F)CC2)sc1C=O. The lowest BCUT2D eigenvalue weighted by Crippen LogP contribution is -2.49. The second-order valence-electron chi connectivity index (χ2n) is 5.05. The summed E-state index contributed by atoms with van der Waals surface area (Å²) in [4.78, 5) is 19.5. The molecule has 4 nitrogen and oxygen atoms in total. The molecule has 1 saturated heterocycles. The molecule has 1 aromatic heterocycles. The molecule has 0 bridgehead atoms. The highest BCUT2D eigenvalue weighted by Crippen LogP contribution is 2.27. The largest absolute Gasteiger partial charge is 0.401 e. The quantitative estimate of drug-likeness (QED) is 0.781. The summed E-state index contributed by atoms with van der Waals surface area (Å²) < 4.78 is 37.0. The zero-order valence-corrected chi connectivity index (χ0v) is 12.6. The van der Waals surface area contributed by atoms with Crippen molar-refractivity contribution in [3.05, 3.63) is 10.6 Å². The van der Waals surface area contributed by atoms with E-state index in [1.165, 1.54) is 16.2 Å². The number of aldehydes is 1. The molecule has 0 saturated carbocycles. The minimum absolute atomic E-state index is 0.360. The molecule has 0 aromatic carbocycles. The van der Waals surface area contributed by atoms with Crippen molar-refractivity contribution in [1.29, 1.82) is 0 Å². The van der Waals surface area contributed by atoms with Gasteiger partial charge in [-0.2, -0.15) is 13.2 Å². The number of aryl methyl sites for hydroxylation is 1. The van der Waals surface area contributed by atoms with Crippen LogP contribution in [0.1, 0.15) is 28.7 Å². The van der Waals surface area contributed by atoms with Crippen LogP contribution in [0.2, 0.25) is 0 Å². The van der Waals surface area contributed by atoms with Crippen molar-refractivity contribution in [1.82, 2.24) is 9.88 Å². The van der Waals surface area contributed by atoms with Crippen LogP contribution in [-0.4, -0.2) is 55.1 Å². The number of carbonyl (C=O) groups excluding carboxylic acids is 1. The number of hydrogen-bond acceptors (Lipinski definition) is 5. The van der Waals surface area contributed by atoms with Gasteiger partial charge in [0.05, 0.1) is 17.1 Å². The Morgan fingerprint density at radius 1 is 1.29 bits per heavy atom. The van der Waals surface area contributed by atoms with Gasteiger partial charge in [-0.3, -0.25) is 9.69 Å². The third-order valence-corrected chi connectivity index (χ3v) is 4.44. The Morgan fingerprint density at radius 3 is 2.48 bits per heavy atom. The summed E-state index contributed by atoms with van der Waals surface area (Å²) >= 11 is 1.33. The third kappa shape index (κ3) is 4.41. The Hall–Kier alpha value is -1.15. The van der Waals surface area contributed by atoms with E-state index < -0.39 is 12.7 Å². The molecule has 1 aliphatic heterocycles. The molecule has 1 aromatic rings. The lowest BCUT2D eigenvalue weighted by molar-refractivity contribution is -0.146. The molecular weight excluding hydrogens is 303 g/mol. The van der Waals surface area contributed by atoms with Crippen LogP contribution in [0.25, 0.3) is 0 Å². The predicted octanol–water partition coefficient (Wildman–Crippen LogP) is 2.59. The molecule has 0 spiro atoms. The van der Waals surface area contributed by atoms with Crippen molar-refractivity contribution in [2.45, 2.75) is 25.9 Å². The Balaban J connectivity index is 1.97. The fraction of sp³-hybridized carbons (Fsp3) is 0.692. The summed E-state index contributed by atoms with van der Waals surface area (Å²) in [5.74, 6) is 0. The first kappa shape index (κ1) is 16.2. The van der Waals surface area contributed by atoms with E-state index in [0.717, 1.165) is 30.0 Å². The number of thiazole rings is 1. The Kier molecular flexibility index (Phi) is 5.21. The zero-order valence-electron chi connectivity index (χ0n) is 11.8. The Bertz CT molecular complexity index is 481. The number of anilines is 1. The van der Waals surface area contributed by atoms with Gasteiger partial charge in [0.15, 0.2) is 11.4 Å². The number of aromatic nitrogens is 1. The Labute approximate surface area is 125 Å². The molecule has 1 fully saturated rings. The molecule has 8 heteroatoms. The van der Waals surface area contributed by atoms with Gasteiger partial charge in [0.2, 0.25) is 0 Å². The maximum atomic E-state index is 12.3. The number of piperazine rings is 1. The van der Waals surface area contributed by atoms with Gasteiger partial charge in [-0.1, -0.05) is 24.7 Å². The smallest absolute Gasteiger partial charge is 0.346 e. The first-order chi connectivity index (χ1) is 9.93. The Morgan fingerprint density at radius 2 is 1.95 bits per heavy atom. The monoisotopic (exact) mass is 321 g/mol. The zero-order chi connectivity index (χ0) is 15.5. The number of hydrogen-bond donors (Lipinski definition) is 0. The number of alkyl halides is 3.